The SMILES string of the molecule is COc1ccc([C@@]2(C)NC(=O)N(CC(=O)N(C)CC(=O)N3CCOCC3)C2=O)cc1. The van der Waals surface area contributed by atoms with Gasteiger partial charge in [0.25, 0.3) is 5.91 Å². The zero-order valence-electron chi connectivity index (χ0n) is 17.3. The maximum Gasteiger partial charge on any atom is 0.325 e. The lowest BCUT2D eigenvalue weighted by Crippen LogP contribution is -2.48. The summed E-state index contributed by atoms with van der Waals surface area (Å²) in [4.78, 5) is 54.0. The number of rotatable bonds is 6. The Morgan fingerprint density at radius 2 is 1.83 bits per heavy atom. The van der Waals surface area contributed by atoms with Crippen LogP contribution in [0.4, 0.5) is 4.79 Å². The maximum absolute atomic E-state index is 13.0. The molecule has 10 heteroatoms. The summed E-state index contributed by atoms with van der Waals surface area (Å²) < 4.78 is 10.3. The van der Waals surface area contributed by atoms with E-state index in [2.05, 4.69) is 5.32 Å². The van der Waals surface area contributed by atoms with Crippen LogP contribution in [0.25, 0.3) is 0 Å². The van der Waals surface area contributed by atoms with E-state index in [4.69, 9.17) is 9.47 Å². The quantitative estimate of drug-likeness (QED) is 0.640. The highest BCUT2D eigenvalue weighted by Gasteiger charge is 2.49. The first-order chi connectivity index (χ1) is 14.3. The molecule has 30 heavy (non-hydrogen) atoms. The number of nitrogens with one attached hydrogen (secondary N) is 1. The zero-order valence-corrected chi connectivity index (χ0v) is 17.3. The van der Waals surface area contributed by atoms with Gasteiger partial charge in [0.2, 0.25) is 11.8 Å². The Morgan fingerprint density at radius 1 is 1.20 bits per heavy atom. The number of nitrogens with zero attached hydrogens (tertiary/aromatic N) is 3. The molecule has 0 aliphatic carbocycles. The zero-order chi connectivity index (χ0) is 21.9. The molecule has 10 nitrogen and oxygen atoms in total. The summed E-state index contributed by atoms with van der Waals surface area (Å²) in [6, 6.07) is 6.11. The van der Waals surface area contributed by atoms with Crippen LogP contribution in [0.1, 0.15) is 12.5 Å². The predicted molar refractivity (Wildman–Crippen MR) is 106 cm³/mol. The van der Waals surface area contributed by atoms with Gasteiger partial charge in [-0.2, -0.15) is 0 Å². The van der Waals surface area contributed by atoms with Gasteiger partial charge in [0.05, 0.1) is 26.9 Å². The molecule has 2 saturated heterocycles. The lowest BCUT2D eigenvalue weighted by atomic mass is 9.92. The van der Waals surface area contributed by atoms with E-state index in [9.17, 15) is 19.2 Å². The van der Waals surface area contributed by atoms with Gasteiger partial charge >= 0.3 is 6.03 Å². The average molecular weight is 418 g/mol. The second-order valence-corrected chi connectivity index (χ2v) is 7.42. The maximum atomic E-state index is 13.0. The third kappa shape index (κ3) is 4.23. The van der Waals surface area contributed by atoms with E-state index in [1.807, 2.05) is 0 Å². The summed E-state index contributed by atoms with van der Waals surface area (Å²) in [6.07, 6.45) is 0. The number of carbonyl (C=O) groups is 4. The molecule has 0 spiro atoms. The van der Waals surface area contributed by atoms with Crippen molar-refractivity contribution in [1.29, 1.82) is 0 Å². The van der Waals surface area contributed by atoms with E-state index in [1.54, 1.807) is 36.1 Å². The van der Waals surface area contributed by atoms with Gasteiger partial charge in [-0.05, 0) is 24.6 Å². The van der Waals surface area contributed by atoms with E-state index in [0.717, 1.165) is 4.90 Å². The van der Waals surface area contributed by atoms with Crippen molar-refractivity contribution in [2.75, 3.05) is 53.6 Å². The molecule has 1 N–H and O–H groups in total. The summed E-state index contributed by atoms with van der Waals surface area (Å²) >= 11 is 0. The van der Waals surface area contributed by atoms with Gasteiger partial charge < -0.3 is 24.6 Å². The van der Waals surface area contributed by atoms with E-state index < -0.39 is 29.9 Å². The topological polar surface area (TPSA) is 108 Å². The molecule has 0 aromatic heterocycles. The standard InChI is InChI=1S/C20H26N4O6/c1-20(14-4-6-15(29-3)7-5-14)18(27)24(19(28)21-20)13-16(25)22(2)12-17(26)23-8-10-30-11-9-23/h4-7H,8-13H2,1-3H3,(H,21,28)/t20-/m1/s1. The summed E-state index contributed by atoms with van der Waals surface area (Å²) in [5.74, 6) is -0.606. The summed E-state index contributed by atoms with van der Waals surface area (Å²) in [5, 5.41) is 2.66. The van der Waals surface area contributed by atoms with Gasteiger partial charge in [-0.3, -0.25) is 19.3 Å². The number of hydrogen-bond acceptors (Lipinski definition) is 6. The minimum Gasteiger partial charge on any atom is -0.497 e. The Balaban J connectivity index is 1.64. The molecular weight excluding hydrogens is 392 g/mol. The lowest BCUT2D eigenvalue weighted by molar-refractivity contribution is -0.143. The Labute approximate surface area is 174 Å². The smallest absolute Gasteiger partial charge is 0.325 e. The number of carbonyl (C=O) groups excluding carboxylic acids is 4. The van der Waals surface area contributed by atoms with Crippen LogP contribution in [0.15, 0.2) is 24.3 Å². The number of likely N-dealkylation sites (N-methyl/N-ethyl adjacent to an activating group) is 1. The van der Waals surface area contributed by atoms with Crippen molar-refractivity contribution in [3.05, 3.63) is 29.8 Å². The van der Waals surface area contributed by atoms with Crippen LogP contribution in [-0.2, 0) is 24.7 Å². The lowest BCUT2D eigenvalue weighted by Gasteiger charge is -2.29. The normalized spacial score (nSPS) is 21.4. The Morgan fingerprint density at radius 3 is 2.43 bits per heavy atom. The van der Waals surface area contributed by atoms with E-state index >= 15 is 0 Å². The van der Waals surface area contributed by atoms with E-state index in [1.165, 1.54) is 19.1 Å². The van der Waals surface area contributed by atoms with Crippen LogP contribution in [0.3, 0.4) is 0 Å². The number of methoxy groups -OCH3 is 1. The number of ether oxygens (including phenoxy) is 2. The molecule has 0 unspecified atom stereocenters. The highest BCUT2D eigenvalue weighted by atomic mass is 16.5. The first-order valence-corrected chi connectivity index (χ1v) is 9.64. The van der Waals surface area contributed by atoms with E-state index in [-0.39, 0.29) is 12.5 Å². The molecule has 0 saturated carbocycles. The van der Waals surface area contributed by atoms with Crippen LogP contribution in [-0.4, -0.2) is 92.0 Å². The van der Waals surface area contributed by atoms with Gasteiger partial charge in [0.15, 0.2) is 0 Å². The number of imide groups is 1. The van der Waals surface area contributed by atoms with Crippen LogP contribution >= 0.6 is 0 Å². The minimum atomic E-state index is -1.29. The number of hydrogen-bond donors (Lipinski definition) is 1. The third-order valence-electron chi connectivity index (χ3n) is 5.40. The Kier molecular flexibility index (Phi) is 6.25. The van der Waals surface area contributed by atoms with Gasteiger partial charge in [-0.25, -0.2) is 4.79 Å². The molecule has 1 aromatic carbocycles. The van der Waals surface area contributed by atoms with Crippen LogP contribution in [0, 0.1) is 0 Å². The highest BCUT2D eigenvalue weighted by Crippen LogP contribution is 2.30. The van der Waals surface area contributed by atoms with Crippen LogP contribution in [0.5, 0.6) is 5.75 Å². The molecule has 0 radical (unpaired) electrons. The van der Waals surface area contributed by atoms with Crippen molar-refractivity contribution in [3.63, 3.8) is 0 Å². The van der Waals surface area contributed by atoms with Crippen LogP contribution in [0.2, 0.25) is 0 Å². The second kappa shape index (κ2) is 8.70. The molecule has 2 heterocycles. The van der Waals surface area contributed by atoms with Gasteiger partial charge in [0, 0.05) is 20.1 Å². The fourth-order valence-corrected chi connectivity index (χ4v) is 3.42. The number of morpholine rings is 1. The van der Waals surface area contributed by atoms with Gasteiger partial charge in [0.1, 0.15) is 17.8 Å². The summed E-state index contributed by atoms with van der Waals surface area (Å²) in [7, 11) is 3.01. The molecule has 2 aliphatic rings. The molecule has 2 fully saturated rings. The average Bonchev–Trinajstić information content (AvgIpc) is 2.98. The molecule has 162 valence electrons. The first-order valence-electron chi connectivity index (χ1n) is 9.64. The molecule has 1 aromatic rings. The van der Waals surface area contributed by atoms with Crippen molar-refractivity contribution in [2.24, 2.45) is 0 Å². The van der Waals surface area contributed by atoms with E-state index in [0.29, 0.717) is 37.6 Å². The fraction of sp³-hybridized carbons (Fsp3) is 0.500. The molecule has 0 bridgehead atoms. The summed E-state index contributed by atoms with van der Waals surface area (Å²) in [5.41, 5.74) is -0.710. The number of urea groups is 1. The predicted octanol–water partition coefficient (Wildman–Crippen LogP) is -0.221. The monoisotopic (exact) mass is 418 g/mol. The fourth-order valence-electron chi connectivity index (χ4n) is 3.42. The highest BCUT2D eigenvalue weighted by molar-refractivity contribution is 6.09. The molecular formula is C20H26N4O6. The number of benzene rings is 1. The summed E-state index contributed by atoms with van der Waals surface area (Å²) in [6.45, 7) is 2.92. The number of amides is 5. The van der Waals surface area contributed by atoms with Gasteiger partial charge in [-0.1, -0.05) is 12.1 Å². The van der Waals surface area contributed by atoms with Crippen molar-refractivity contribution in [3.8, 4) is 5.75 Å². The van der Waals surface area contributed by atoms with Crippen molar-refractivity contribution in [2.45, 2.75) is 12.5 Å². The first kappa shape index (κ1) is 21.6. The minimum absolute atomic E-state index is 0.127. The van der Waals surface area contributed by atoms with Gasteiger partial charge in [-0.15, -0.1) is 0 Å². The van der Waals surface area contributed by atoms with Crippen molar-refractivity contribution >= 4 is 23.8 Å². The van der Waals surface area contributed by atoms with Crippen molar-refractivity contribution in [1.82, 2.24) is 20.0 Å². The molecule has 3 rings (SSSR count). The largest absolute Gasteiger partial charge is 0.497 e. The molecule has 1 atom stereocenters. The third-order valence-corrected chi connectivity index (χ3v) is 5.40. The van der Waals surface area contributed by atoms with Crippen LogP contribution < -0.4 is 10.1 Å². The Bertz CT molecular complexity index is 836. The molecule has 2 aliphatic heterocycles. The second-order valence-electron chi connectivity index (χ2n) is 7.42. The van der Waals surface area contributed by atoms with Crippen molar-refractivity contribution < 1.29 is 28.7 Å². The Hall–Kier alpha value is -3.14. The molecule has 5 amide bonds.